The normalized spacial score (nSPS) is 23.3. The average Bonchev–Trinajstić information content (AvgIpc) is 2.68. The number of benzene rings is 1. The fourth-order valence-corrected chi connectivity index (χ4v) is 3.40. The van der Waals surface area contributed by atoms with E-state index in [1.165, 1.54) is 0 Å². The van der Waals surface area contributed by atoms with Crippen LogP contribution in [0, 0.1) is 0 Å². The van der Waals surface area contributed by atoms with E-state index in [9.17, 15) is 9.59 Å². The fourth-order valence-electron chi connectivity index (χ4n) is 3.40. The van der Waals surface area contributed by atoms with Crippen molar-refractivity contribution in [3.05, 3.63) is 42.1 Å². The third-order valence-electron chi connectivity index (χ3n) is 5.13. The zero-order chi connectivity index (χ0) is 19.3. The van der Waals surface area contributed by atoms with Crippen molar-refractivity contribution in [2.24, 2.45) is 4.99 Å². The summed E-state index contributed by atoms with van der Waals surface area (Å²) in [7, 11) is 0. The molecule has 0 aromatic heterocycles. The van der Waals surface area contributed by atoms with E-state index in [-0.39, 0.29) is 11.3 Å². The van der Waals surface area contributed by atoms with Crippen LogP contribution in [0.1, 0.15) is 23.7 Å². The predicted molar refractivity (Wildman–Crippen MR) is 103 cm³/mol. The van der Waals surface area contributed by atoms with Gasteiger partial charge in [-0.25, -0.2) is 4.79 Å². The Balaban J connectivity index is 1.48. The van der Waals surface area contributed by atoms with Gasteiger partial charge in [0.15, 0.2) is 12.4 Å². The molecule has 0 spiro atoms. The number of ketones is 1. The van der Waals surface area contributed by atoms with E-state index in [4.69, 9.17) is 9.84 Å². The largest absolute Gasteiger partial charge is 0.482 e. The number of rotatable bonds is 7. The number of Topliss-reactive ketones (excluding diaryl/α,β-unsaturated/α-hetero) is 1. The quantitative estimate of drug-likeness (QED) is 0.735. The Labute approximate surface area is 158 Å². The Hall–Kier alpha value is -2.51. The number of aliphatic imine (C=N–C) groups is 1. The molecule has 0 aliphatic carbocycles. The van der Waals surface area contributed by atoms with Gasteiger partial charge in [-0.15, -0.1) is 0 Å². The van der Waals surface area contributed by atoms with E-state index in [1.54, 1.807) is 24.3 Å². The lowest BCUT2D eigenvalue weighted by Gasteiger charge is -2.44. The van der Waals surface area contributed by atoms with Crippen LogP contribution >= 0.6 is 0 Å². The molecule has 144 valence electrons. The number of piperazine rings is 1. The Morgan fingerprint density at radius 2 is 1.89 bits per heavy atom. The molecule has 7 nitrogen and oxygen atoms in total. The minimum absolute atomic E-state index is 0.0175. The topological polar surface area (TPSA) is 82.4 Å². The van der Waals surface area contributed by atoms with E-state index in [0.29, 0.717) is 17.9 Å². The van der Waals surface area contributed by atoms with Crippen LogP contribution in [0.5, 0.6) is 5.75 Å². The lowest BCUT2D eigenvalue weighted by Crippen LogP contribution is -2.56. The number of nitrogens with zero attached hydrogens (tertiary/aromatic N) is 3. The number of ether oxygens (including phenoxy) is 1. The summed E-state index contributed by atoms with van der Waals surface area (Å²) < 4.78 is 5.09. The molecule has 1 aromatic rings. The lowest BCUT2D eigenvalue weighted by atomic mass is 9.93. The van der Waals surface area contributed by atoms with E-state index in [1.807, 2.05) is 12.4 Å². The average molecular weight is 371 g/mol. The first-order valence-electron chi connectivity index (χ1n) is 9.11. The van der Waals surface area contributed by atoms with Gasteiger partial charge in [0.1, 0.15) is 5.75 Å². The standard InChI is InChI=1S/C20H25N3O4/c1-20(6-8-21-9-7-20)23-12-10-22(11-13-23)14-18(24)16-2-4-17(5-3-16)27-15-19(25)26/h2-6,8-9H,7,10-15H2,1H3,(H,25,26). The third kappa shape index (κ3) is 5.02. The molecular weight excluding hydrogens is 346 g/mol. The summed E-state index contributed by atoms with van der Waals surface area (Å²) in [4.78, 5) is 31.8. The van der Waals surface area contributed by atoms with Crippen LogP contribution in [0.15, 0.2) is 41.5 Å². The van der Waals surface area contributed by atoms with Crippen molar-refractivity contribution in [1.29, 1.82) is 0 Å². The van der Waals surface area contributed by atoms with Gasteiger partial charge in [0.05, 0.1) is 6.54 Å². The van der Waals surface area contributed by atoms with Crippen LogP contribution in [-0.4, -0.2) is 77.7 Å². The molecule has 2 heterocycles. The van der Waals surface area contributed by atoms with Crippen molar-refractivity contribution >= 4 is 18.0 Å². The second-order valence-electron chi connectivity index (χ2n) is 7.10. The highest BCUT2D eigenvalue weighted by atomic mass is 16.5. The van der Waals surface area contributed by atoms with Gasteiger partial charge >= 0.3 is 5.97 Å². The summed E-state index contributed by atoms with van der Waals surface area (Å²) in [5, 5.41) is 8.62. The SMILES string of the molecule is CC1(N2CCN(CC(=O)c3ccc(OCC(=O)O)cc3)CC2)C=CN=CC1. The summed E-state index contributed by atoms with van der Waals surface area (Å²) >= 11 is 0. The highest BCUT2D eigenvalue weighted by molar-refractivity contribution is 5.97. The van der Waals surface area contributed by atoms with Crippen molar-refractivity contribution < 1.29 is 19.4 Å². The summed E-state index contributed by atoms with van der Waals surface area (Å²) in [6.45, 7) is 5.77. The molecule has 7 heteroatoms. The number of carboxylic acid groups (broad SMARTS) is 1. The number of aliphatic carboxylic acids is 1. The summed E-state index contributed by atoms with van der Waals surface area (Å²) in [6.07, 6.45) is 6.89. The molecule has 0 bridgehead atoms. The smallest absolute Gasteiger partial charge is 0.341 e. The van der Waals surface area contributed by atoms with Gasteiger partial charge in [0.25, 0.3) is 0 Å². The monoisotopic (exact) mass is 371 g/mol. The summed E-state index contributed by atoms with van der Waals surface area (Å²) in [5.41, 5.74) is 0.627. The van der Waals surface area contributed by atoms with Crippen molar-refractivity contribution in [3.63, 3.8) is 0 Å². The van der Waals surface area contributed by atoms with Crippen LogP contribution in [0.3, 0.4) is 0 Å². The van der Waals surface area contributed by atoms with Gasteiger partial charge in [-0.1, -0.05) is 0 Å². The molecule has 2 aliphatic rings. The molecule has 1 unspecified atom stereocenters. The van der Waals surface area contributed by atoms with Crippen LogP contribution in [0.25, 0.3) is 0 Å². The molecule has 2 aliphatic heterocycles. The van der Waals surface area contributed by atoms with Gasteiger partial charge in [-0.05, 0) is 37.3 Å². The Bertz CT molecular complexity index is 736. The molecule has 27 heavy (non-hydrogen) atoms. The maximum atomic E-state index is 12.5. The van der Waals surface area contributed by atoms with Gasteiger partial charge in [0.2, 0.25) is 0 Å². The Kier molecular flexibility index (Phi) is 6.03. The number of carbonyl (C=O) groups is 2. The number of carboxylic acids is 1. The van der Waals surface area contributed by atoms with Gasteiger partial charge in [-0.2, -0.15) is 0 Å². The minimum atomic E-state index is -1.03. The highest BCUT2D eigenvalue weighted by Gasteiger charge is 2.32. The second kappa shape index (κ2) is 8.45. The Morgan fingerprint density at radius 1 is 1.19 bits per heavy atom. The molecule has 1 N–H and O–H groups in total. The molecule has 0 radical (unpaired) electrons. The third-order valence-corrected chi connectivity index (χ3v) is 5.13. The fraction of sp³-hybridized carbons (Fsp3) is 0.450. The van der Waals surface area contributed by atoms with E-state index in [2.05, 4.69) is 27.8 Å². The zero-order valence-electron chi connectivity index (χ0n) is 15.5. The zero-order valence-corrected chi connectivity index (χ0v) is 15.5. The van der Waals surface area contributed by atoms with Crippen LogP contribution in [0.2, 0.25) is 0 Å². The first-order valence-corrected chi connectivity index (χ1v) is 9.11. The maximum Gasteiger partial charge on any atom is 0.341 e. The van der Waals surface area contributed by atoms with Crippen molar-refractivity contribution in [2.75, 3.05) is 39.3 Å². The first-order chi connectivity index (χ1) is 13.0. The van der Waals surface area contributed by atoms with E-state index < -0.39 is 12.6 Å². The minimum Gasteiger partial charge on any atom is -0.482 e. The summed E-state index contributed by atoms with van der Waals surface area (Å²) in [5.74, 6) is -0.525. The lowest BCUT2D eigenvalue weighted by molar-refractivity contribution is -0.139. The number of hydrogen-bond donors (Lipinski definition) is 1. The van der Waals surface area contributed by atoms with Crippen molar-refractivity contribution in [1.82, 2.24) is 9.80 Å². The van der Waals surface area contributed by atoms with E-state index in [0.717, 1.165) is 32.6 Å². The second-order valence-corrected chi connectivity index (χ2v) is 7.10. The molecule has 1 fully saturated rings. The maximum absolute atomic E-state index is 12.5. The van der Waals surface area contributed by atoms with Crippen LogP contribution in [-0.2, 0) is 4.79 Å². The van der Waals surface area contributed by atoms with Crippen LogP contribution in [0.4, 0.5) is 0 Å². The first kappa shape index (κ1) is 19.3. The Morgan fingerprint density at radius 3 is 2.48 bits per heavy atom. The molecular formula is C20H25N3O4. The van der Waals surface area contributed by atoms with Gasteiger partial charge in [0, 0.05) is 56.1 Å². The molecule has 0 saturated carbocycles. The van der Waals surface area contributed by atoms with Crippen LogP contribution < -0.4 is 4.74 Å². The van der Waals surface area contributed by atoms with Crippen molar-refractivity contribution in [2.45, 2.75) is 18.9 Å². The predicted octanol–water partition coefficient (Wildman–Crippen LogP) is 1.70. The molecule has 1 atom stereocenters. The molecule has 1 saturated heterocycles. The highest BCUT2D eigenvalue weighted by Crippen LogP contribution is 2.24. The van der Waals surface area contributed by atoms with Gasteiger partial charge in [-0.3, -0.25) is 19.6 Å². The molecule has 0 amide bonds. The number of hydrogen-bond acceptors (Lipinski definition) is 6. The molecule has 1 aromatic carbocycles. The molecule has 3 rings (SSSR count). The van der Waals surface area contributed by atoms with Crippen molar-refractivity contribution in [3.8, 4) is 5.75 Å². The van der Waals surface area contributed by atoms with Gasteiger partial charge < -0.3 is 9.84 Å². The van der Waals surface area contributed by atoms with E-state index >= 15 is 0 Å². The summed E-state index contributed by atoms with van der Waals surface area (Å²) in [6, 6.07) is 6.63. The number of carbonyl (C=O) groups excluding carboxylic acids is 1.